The molecule has 0 bridgehead atoms. The Bertz CT molecular complexity index is 2130. The van der Waals surface area contributed by atoms with E-state index in [1.807, 2.05) is 60.0 Å². The van der Waals surface area contributed by atoms with E-state index in [-0.39, 0.29) is 47.9 Å². The van der Waals surface area contributed by atoms with Gasteiger partial charge in [-0.1, -0.05) is 91.5 Å². The minimum absolute atomic E-state index is 0. The zero-order valence-corrected chi connectivity index (χ0v) is 33.9. The molecule has 0 saturated heterocycles. The number of carbonyl (C=O) groups excluding carboxylic acids is 1. The zero-order valence-electron chi connectivity index (χ0n) is 30.7. The van der Waals surface area contributed by atoms with E-state index in [4.69, 9.17) is 9.40 Å². The minimum atomic E-state index is -0.337. The number of allylic oxidation sites excluding steroid dienone is 2. The number of pyridine rings is 2. The van der Waals surface area contributed by atoms with Crippen LogP contribution in [0, 0.1) is 16.9 Å². The minimum Gasteiger partial charge on any atom is -0.512 e. The van der Waals surface area contributed by atoms with Crippen molar-refractivity contribution in [3.05, 3.63) is 96.8 Å². The fraction of sp³-hybridized carbons (Fsp3) is 0.372. The third kappa shape index (κ3) is 7.81. The Kier molecular flexibility index (Phi) is 12.3. The second-order valence-corrected chi connectivity index (χ2v) is 15.6. The Morgan fingerprint density at radius 1 is 0.900 bits per heavy atom. The average Bonchev–Trinajstić information content (AvgIpc) is 3.78. The average molecular weight is 866 g/mol. The predicted octanol–water partition coefficient (Wildman–Crippen LogP) is 12.7. The molecular formula is C43H49IrN2O3S-. The van der Waals surface area contributed by atoms with Crippen LogP contribution in [0.25, 0.3) is 53.5 Å². The van der Waals surface area contributed by atoms with E-state index in [9.17, 15) is 9.90 Å². The van der Waals surface area contributed by atoms with Gasteiger partial charge in [0.25, 0.3) is 0 Å². The van der Waals surface area contributed by atoms with E-state index in [1.165, 1.54) is 22.4 Å². The molecule has 4 heterocycles. The molecule has 0 fully saturated rings. The molecule has 7 heteroatoms. The number of nitrogens with zero attached hydrogens (tertiary/aromatic N) is 2. The van der Waals surface area contributed by atoms with E-state index in [1.54, 1.807) is 23.8 Å². The van der Waals surface area contributed by atoms with Gasteiger partial charge in [-0.15, -0.1) is 40.5 Å². The van der Waals surface area contributed by atoms with Gasteiger partial charge in [0.05, 0.1) is 12.5 Å². The predicted molar refractivity (Wildman–Crippen MR) is 206 cm³/mol. The van der Waals surface area contributed by atoms with E-state index in [0.29, 0.717) is 0 Å². The Morgan fingerprint density at radius 2 is 1.58 bits per heavy atom. The van der Waals surface area contributed by atoms with Crippen LogP contribution in [0.5, 0.6) is 0 Å². The van der Waals surface area contributed by atoms with Gasteiger partial charge >= 0.3 is 0 Å². The standard InChI is InChI=1S/C28H21N2OS.C15H28O2.Ir/c1-28(2,3)23-13-19(12-17-6-4-5-7-20(17)23)26-27-18(8-10-30-26)14-25(32-27)22-15-29-16-24-21(22)9-11-31-24;1-7-14(5,8-2)12(16)11-13(17)15(6,9-3)10-4;/h4-11,13-16H,1-3H3;11,16H,7-10H2,1-6H3;/q-1;;/b;12-11-;. The molecule has 6 aromatic rings. The fourth-order valence-electron chi connectivity index (χ4n) is 6.04. The first-order valence-corrected chi connectivity index (χ1v) is 18.2. The molecule has 4 aromatic heterocycles. The largest absolute Gasteiger partial charge is 0.512 e. The van der Waals surface area contributed by atoms with E-state index in [2.05, 4.69) is 74.3 Å². The Morgan fingerprint density at radius 3 is 2.24 bits per heavy atom. The first-order chi connectivity index (χ1) is 23.3. The zero-order chi connectivity index (χ0) is 35.6. The van der Waals surface area contributed by atoms with Gasteiger partial charge in [0.2, 0.25) is 0 Å². The molecule has 0 spiro atoms. The molecule has 0 unspecified atom stereocenters. The Balaban J connectivity index is 0.000000269. The van der Waals surface area contributed by atoms with Crippen molar-refractivity contribution in [2.24, 2.45) is 10.8 Å². The number of rotatable bonds is 9. The Labute approximate surface area is 314 Å². The number of thiophene rings is 1. The van der Waals surface area contributed by atoms with Crippen LogP contribution >= 0.6 is 11.3 Å². The van der Waals surface area contributed by atoms with Crippen LogP contribution in [-0.4, -0.2) is 20.9 Å². The molecule has 0 saturated carbocycles. The topological polar surface area (TPSA) is 76.2 Å². The summed E-state index contributed by atoms with van der Waals surface area (Å²) in [6.45, 7) is 18.9. The van der Waals surface area contributed by atoms with Gasteiger partial charge in [0.1, 0.15) is 5.76 Å². The summed E-state index contributed by atoms with van der Waals surface area (Å²) in [5.74, 6) is 0.286. The SMILES string of the molecule is CC(C)(C)c1cc(-c2nccc3cc(-c4cncc5occc45)sc23)[c-]c2ccccc12.CCC(C)(CC)C(=O)/C=C(\O)C(C)(CC)CC.[Ir]. The van der Waals surface area contributed by atoms with Gasteiger partial charge in [0.15, 0.2) is 11.4 Å². The van der Waals surface area contributed by atoms with Gasteiger partial charge < -0.3 is 9.52 Å². The van der Waals surface area contributed by atoms with Gasteiger partial charge in [-0.25, -0.2) is 0 Å². The van der Waals surface area contributed by atoms with Crippen LogP contribution in [0.2, 0.25) is 0 Å². The molecule has 0 aliphatic rings. The number of fused-ring (bicyclic) bond motifs is 3. The second kappa shape index (κ2) is 15.7. The van der Waals surface area contributed by atoms with E-state index >= 15 is 0 Å². The fourth-order valence-corrected chi connectivity index (χ4v) is 7.22. The molecule has 5 nitrogen and oxygen atoms in total. The smallest absolute Gasteiger partial charge is 0.164 e. The maximum Gasteiger partial charge on any atom is 0.164 e. The van der Waals surface area contributed by atoms with Crippen molar-refractivity contribution in [3.8, 4) is 21.7 Å². The normalized spacial score (nSPS) is 12.5. The van der Waals surface area contributed by atoms with Gasteiger partial charge in [0, 0.05) is 75.6 Å². The third-order valence-corrected chi connectivity index (χ3v) is 11.7. The molecule has 0 atom stereocenters. The van der Waals surface area contributed by atoms with Crippen molar-refractivity contribution in [1.29, 1.82) is 0 Å². The number of aromatic nitrogens is 2. The van der Waals surface area contributed by atoms with Crippen LogP contribution in [0.1, 0.15) is 93.6 Å². The number of carbonyl (C=O) groups is 1. The number of hydrogen-bond acceptors (Lipinski definition) is 6. The second-order valence-electron chi connectivity index (χ2n) is 14.5. The molecule has 0 aliphatic carbocycles. The van der Waals surface area contributed by atoms with Crippen LogP contribution in [-0.2, 0) is 30.3 Å². The van der Waals surface area contributed by atoms with Crippen molar-refractivity contribution >= 4 is 48.9 Å². The van der Waals surface area contributed by atoms with Crippen molar-refractivity contribution < 1.29 is 34.4 Å². The van der Waals surface area contributed by atoms with Gasteiger partial charge in [-0.2, -0.15) is 0 Å². The molecule has 50 heavy (non-hydrogen) atoms. The summed E-state index contributed by atoms with van der Waals surface area (Å²) in [4.78, 5) is 22.5. The number of furan rings is 1. The summed E-state index contributed by atoms with van der Waals surface area (Å²) in [6.07, 6.45) is 12.0. The summed E-state index contributed by atoms with van der Waals surface area (Å²) in [5.41, 5.74) is 4.62. The van der Waals surface area contributed by atoms with Crippen molar-refractivity contribution in [2.45, 2.75) is 93.4 Å². The van der Waals surface area contributed by atoms with E-state index < -0.39 is 0 Å². The quantitative estimate of drug-likeness (QED) is 0.0890. The first kappa shape index (κ1) is 39.2. The summed E-state index contributed by atoms with van der Waals surface area (Å²) < 4.78 is 6.72. The monoisotopic (exact) mass is 866 g/mol. The van der Waals surface area contributed by atoms with Crippen molar-refractivity contribution in [3.63, 3.8) is 0 Å². The molecule has 1 N–H and O–H groups in total. The molecule has 2 aromatic carbocycles. The van der Waals surface area contributed by atoms with Crippen LogP contribution in [0.15, 0.2) is 89.6 Å². The Hall–Kier alpha value is -3.64. The van der Waals surface area contributed by atoms with Crippen LogP contribution in [0.3, 0.4) is 0 Å². The number of hydrogen-bond donors (Lipinski definition) is 1. The molecular weight excluding hydrogens is 817 g/mol. The number of aliphatic hydroxyl groups excluding tert-OH is 1. The summed E-state index contributed by atoms with van der Waals surface area (Å²) in [5, 5.41) is 14.8. The van der Waals surface area contributed by atoms with Gasteiger partial charge in [-0.3, -0.25) is 14.8 Å². The third-order valence-electron chi connectivity index (χ3n) is 10.5. The van der Waals surface area contributed by atoms with Crippen LogP contribution < -0.4 is 0 Å². The maximum absolute atomic E-state index is 12.2. The molecule has 1 radical (unpaired) electrons. The van der Waals surface area contributed by atoms with Crippen molar-refractivity contribution in [2.75, 3.05) is 0 Å². The molecule has 0 amide bonds. The van der Waals surface area contributed by atoms with Crippen LogP contribution in [0.4, 0.5) is 0 Å². The number of benzene rings is 2. The summed E-state index contributed by atoms with van der Waals surface area (Å²) in [7, 11) is 0. The van der Waals surface area contributed by atoms with Crippen molar-refractivity contribution in [1.82, 2.24) is 9.97 Å². The number of aliphatic hydroxyl groups is 1. The van der Waals surface area contributed by atoms with Gasteiger partial charge in [-0.05, 0) is 54.7 Å². The molecule has 0 aliphatic heterocycles. The number of ketones is 1. The summed E-state index contributed by atoms with van der Waals surface area (Å²) in [6, 6.07) is 20.7. The molecule has 6 rings (SSSR count). The first-order valence-electron chi connectivity index (χ1n) is 17.4. The van der Waals surface area contributed by atoms with E-state index in [0.717, 1.165) is 68.4 Å². The maximum atomic E-state index is 12.2. The molecule has 265 valence electrons. The summed E-state index contributed by atoms with van der Waals surface area (Å²) >= 11 is 1.74.